The quantitative estimate of drug-likeness (QED) is 0.554. The van der Waals surface area contributed by atoms with E-state index in [9.17, 15) is 8.78 Å². The molecule has 178 valence electrons. The molecule has 1 atom stereocenters. The Balaban J connectivity index is 1.51. The highest BCUT2D eigenvalue weighted by molar-refractivity contribution is 5.73. The van der Waals surface area contributed by atoms with Gasteiger partial charge in [0.25, 0.3) is 5.85 Å². The van der Waals surface area contributed by atoms with Gasteiger partial charge in [0.1, 0.15) is 5.69 Å². The summed E-state index contributed by atoms with van der Waals surface area (Å²) in [6.45, 7) is 6.66. The van der Waals surface area contributed by atoms with Crippen molar-refractivity contribution in [1.29, 1.82) is 0 Å². The van der Waals surface area contributed by atoms with Crippen LogP contribution in [0.25, 0.3) is 11.3 Å². The minimum atomic E-state index is -2.04. The first kappa shape index (κ1) is 22.5. The lowest BCUT2D eigenvalue weighted by atomic mass is 10.0. The summed E-state index contributed by atoms with van der Waals surface area (Å²) in [5.74, 6) is -3.52. The van der Waals surface area contributed by atoms with Crippen LogP contribution in [0.3, 0.4) is 0 Å². The van der Waals surface area contributed by atoms with E-state index >= 15 is 4.39 Å². The van der Waals surface area contributed by atoms with Crippen LogP contribution in [0.4, 0.5) is 30.5 Å². The van der Waals surface area contributed by atoms with Gasteiger partial charge in [-0.3, -0.25) is 0 Å². The van der Waals surface area contributed by atoms with Crippen LogP contribution in [-0.4, -0.2) is 35.0 Å². The van der Waals surface area contributed by atoms with Crippen molar-refractivity contribution < 1.29 is 17.9 Å². The third-order valence-corrected chi connectivity index (χ3v) is 6.09. The molecule has 2 aromatic carbocycles. The summed E-state index contributed by atoms with van der Waals surface area (Å²) >= 11 is 0. The third-order valence-electron chi connectivity index (χ3n) is 6.09. The van der Waals surface area contributed by atoms with Gasteiger partial charge < -0.3 is 20.3 Å². The van der Waals surface area contributed by atoms with Gasteiger partial charge >= 0.3 is 0 Å². The first-order valence-electron chi connectivity index (χ1n) is 11.3. The topological polar surface area (TPSA) is 62.3 Å². The molecule has 0 fully saturated rings. The first-order chi connectivity index (χ1) is 16.2. The summed E-state index contributed by atoms with van der Waals surface area (Å²) in [5, 5.41) is 6.45. The second-order valence-electron chi connectivity index (χ2n) is 9.16. The van der Waals surface area contributed by atoms with Crippen LogP contribution in [0, 0.1) is 11.6 Å². The smallest absolute Gasteiger partial charge is 0.263 e. The van der Waals surface area contributed by atoms with Gasteiger partial charge in [-0.05, 0) is 62.2 Å². The summed E-state index contributed by atoms with van der Waals surface area (Å²) in [5.41, 5.74) is 3.76. The molecule has 0 saturated carbocycles. The summed E-state index contributed by atoms with van der Waals surface area (Å²) in [6.07, 6.45) is 2.02. The average molecular weight is 470 g/mol. The molecular weight excluding hydrogens is 443 g/mol. The number of hydrogen-bond donors (Lipinski definition) is 2. The lowest BCUT2D eigenvalue weighted by Gasteiger charge is -2.40. The van der Waals surface area contributed by atoms with Gasteiger partial charge in [-0.2, -0.15) is 4.39 Å². The Morgan fingerprint density at radius 1 is 1.15 bits per heavy atom. The second-order valence-corrected chi connectivity index (χ2v) is 9.16. The standard InChI is InChI=1S/C25H26F3N5O/c1-14(2)33-13-25(3,28)34-23-19(26)9-16(10-21(23)33)22-20(27)12-30-24(32-22)31-18-5-4-15-6-7-29-11-17(15)8-18/h4-5,8-10,12,14,29H,6-7,11,13H2,1-3H3,(H,30,31,32). The zero-order chi connectivity index (χ0) is 24.0. The molecule has 3 heterocycles. The fraction of sp³-hybridized carbons (Fsp3) is 0.360. The van der Waals surface area contributed by atoms with E-state index in [1.54, 1.807) is 11.0 Å². The largest absolute Gasteiger partial charge is 0.451 e. The molecule has 1 aromatic heterocycles. The van der Waals surface area contributed by atoms with E-state index in [0.29, 0.717) is 5.69 Å². The molecule has 6 nitrogen and oxygen atoms in total. The predicted molar refractivity (Wildman–Crippen MR) is 125 cm³/mol. The molecule has 2 aliphatic rings. The summed E-state index contributed by atoms with van der Waals surface area (Å²) in [4.78, 5) is 10.1. The average Bonchev–Trinajstić information content (AvgIpc) is 2.80. The summed E-state index contributed by atoms with van der Waals surface area (Å²) in [7, 11) is 0. The maximum absolute atomic E-state index is 15.0. The maximum Gasteiger partial charge on any atom is 0.263 e. The Labute approximate surface area is 196 Å². The van der Waals surface area contributed by atoms with E-state index < -0.39 is 17.5 Å². The Hall–Kier alpha value is -3.33. The predicted octanol–water partition coefficient (Wildman–Crippen LogP) is 5.10. The Morgan fingerprint density at radius 3 is 2.76 bits per heavy atom. The molecule has 2 N–H and O–H groups in total. The Morgan fingerprint density at radius 2 is 1.97 bits per heavy atom. The van der Waals surface area contributed by atoms with E-state index in [1.807, 2.05) is 26.0 Å². The van der Waals surface area contributed by atoms with Crippen LogP contribution >= 0.6 is 0 Å². The number of nitrogens with zero attached hydrogens (tertiary/aromatic N) is 3. The monoisotopic (exact) mass is 469 g/mol. The number of benzene rings is 2. The number of rotatable bonds is 4. The number of hydrogen-bond acceptors (Lipinski definition) is 6. The molecule has 2 aliphatic heterocycles. The maximum atomic E-state index is 15.0. The highest BCUT2D eigenvalue weighted by atomic mass is 19.2. The van der Waals surface area contributed by atoms with E-state index in [1.165, 1.54) is 18.1 Å². The molecule has 0 spiro atoms. The minimum absolute atomic E-state index is 0.0592. The van der Waals surface area contributed by atoms with Gasteiger partial charge in [-0.25, -0.2) is 18.7 Å². The lowest BCUT2D eigenvalue weighted by molar-refractivity contribution is -0.0475. The van der Waals surface area contributed by atoms with Crippen molar-refractivity contribution in [3.05, 3.63) is 59.3 Å². The van der Waals surface area contributed by atoms with Crippen LogP contribution in [0.1, 0.15) is 31.9 Å². The van der Waals surface area contributed by atoms with E-state index in [2.05, 4.69) is 26.7 Å². The van der Waals surface area contributed by atoms with Crippen LogP contribution in [0.5, 0.6) is 5.75 Å². The number of ether oxygens (including phenoxy) is 1. The van der Waals surface area contributed by atoms with Crippen LogP contribution in [-0.2, 0) is 13.0 Å². The number of halogens is 3. The lowest BCUT2D eigenvalue weighted by Crippen LogP contribution is -2.49. The van der Waals surface area contributed by atoms with Crippen LogP contribution in [0.2, 0.25) is 0 Å². The normalized spacial score (nSPS) is 19.4. The molecule has 9 heteroatoms. The van der Waals surface area contributed by atoms with Gasteiger partial charge in [-0.1, -0.05) is 6.07 Å². The van der Waals surface area contributed by atoms with Crippen molar-refractivity contribution in [2.45, 2.75) is 45.6 Å². The minimum Gasteiger partial charge on any atom is -0.451 e. The van der Waals surface area contributed by atoms with E-state index in [0.717, 1.165) is 37.5 Å². The van der Waals surface area contributed by atoms with Gasteiger partial charge in [0.2, 0.25) is 5.95 Å². The van der Waals surface area contributed by atoms with Gasteiger partial charge in [0, 0.05) is 30.8 Å². The highest BCUT2D eigenvalue weighted by Crippen LogP contribution is 2.43. The fourth-order valence-electron chi connectivity index (χ4n) is 4.44. The van der Waals surface area contributed by atoms with Gasteiger partial charge in [0.15, 0.2) is 17.4 Å². The zero-order valence-corrected chi connectivity index (χ0v) is 19.3. The molecule has 0 radical (unpaired) electrons. The molecule has 0 saturated heterocycles. The van der Waals surface area contributed by atoms with E-state index in [-0.39, 0.29) is 35.5 Å². The van der Waals surface area contributed by atoms with Gasteiger partial charge in [-0.15, -0.1) is 0 Å². The molecular formula is C25H26F3N5O. The molecule has 1 unspecified atom stereocenters. The second kappa shape index (κ2) is 8.47. The first-order valence-corrected chi connectivity index (χ1v) is 11.3. The molecule has 0 amide bonds. The third kappa shape index (κ3) is 4.27. The van der Waals surface area contributed by atoms with Crippen LogP contribution < -0.4 is 20.3 Å². The van der Waals surface area contributed by atoms with Crippen molar-refractivity contribution in [1.82, 2.24) is 15.3 Å². The number of anilines is 3. The fourth-order valence-corrected chi connectivity index (χ4v) is 4.44. The van der Waals surface area contributed by atoms with Crippen molar-refractivity contribution >= 4 is 17.3 Å². The van der Waals surface area contributed by atoms with Crippen LogP contribution in [0.15, 0.2) is 36.5 Å². The Kier molecular flexibility index (Phi) is 5.59. The van der Waals surface area contributed by atoms with Crippen molar-refractivity contribution in [2.24, 2.45) is 0 Å². The Bertz CT molecular complexity index is 1250. The SMILES string of the molecule is CC(C)N1CC(C)(F)Oc2c(F)cc(-c3nc(Nc4ccc5c(c4)CNCC5)ncc3F)cc21. The van der Waals surface area contributed by atoms with Crippen molar-refractivity contribution in [2.75, 3.05) is 23.3 Å². The van der Waals surface area contributed by atoms with E-state index in [4.69, 9.17) is 4.74 Å². The number of nitrogens with one attached hydrogen (secondary N) is 2. The zero-order valence-electron chi connectivity index (χ0n) is 19.3. The summed E-state index contributed by atoms with van der Waals surface area (Å²) < 4.78 is 49.7. The van der Waals surface area contributed by atoms with Gasteiger partial charge in [0.05, 0.1) is 18.4 Å². The molecule has 0 bridgehead atoms. The number of fused-ring (bicyclic) bond motifs is 2. The molecule has 34 heavy (non-hydrogen) atoms. The number of aromatic nitrogens is 2. The molecule has 3 aromatic rings. The highest BCUT2D eigenvalue weighted by Gasteiger charge is 2.38. The van der Waals surface area contributed by atoms with Crippen molar-refractivity contribution in [3.8, 4) is 17.0 Å². The number of alkyl halides is 1. The molecule has 5 rings (SSSR count). The summed E-state index contributed by atoms with van der Waals surface area (Å²) in [6, 6.07) is 8.56. The molecule has 0 aliphatic carbocycles. The van der Waals surface area contributed by atoms with Crippen molar-refractivity contribution in [3.63, 3.8) is 0 Å².